The smallest absolute Gasteiger partial charge is 0.162 e. The monoisotopic (exact) mass is 512 g/mol. The van der Waals surface area contributed by atoms with E-state index in [9.17, 15) is 8.78 Å². The van der Waals surface area contributed by atoms with Gasteiger partial charge in [-0.15, -0.1) is 6.58 Å². The molecule has 0 heterocycles. The van der Waals surface area contributed by atoms with E-state index in [0.717, 1.165) is 55.3 Å². The molecule has 0 N–H and O–H groups in total. The highest BCUT2D eigenvalue weighted by atomic mass is 19.2. The molecule has 0 radical (unpaired) electrons. The summed E-state index contributed by atoms with van der Waals surface area (Å²) in [5, 5.41) is 0. The predicted molar refractivity (Wildman–Crippen MR) is 154 cm³/mol. The van der Waals surface area contributed by atoms with Crippen LogP contribution in [0.3, 0.4) is 0 Å². The van der Waals surface area contributed by atoms with Crippen LogP contribution in [0, 0.1) is 47.1 Å². The largest absolute Gasteiger partial charge is 0.203 e. The fourth-order valence-electron chi connectivity index (χ4n) is 8.28. The van der Waals surface area contributed by atoms with E-state index in [1.54, 1.807) is 0 Å². The molecule has 0 bridgehead atoms. The summed E-state index contributed by atoms with van der Waals surface area (Å²) in [6.07, 6.45) is 27.2. The summed E-state index contributed by atoms with van der Waals surface area (Å²) < 4.78 is 29.2. The van der Waals surface area contributed by atoms with Gasteiger partial charge in [-0.3, -0.25) is 0 Å². The van der Waals surface area contributed by atoms with Gasteiger partial charge in [-0.05, 0) is 137 Å². The number of halogens is 2. The van der Waals surface area contributed by atoms with Crippen LogP contribution in [-0.4, -0.2) is 0 Å². The summed E-state index contributed by atoms with van der Waals surface area (Å²) >= 11 is 0. The van der Waals surface area contributed by atoms with Crippen LogP contribution in [0.2, 0.25) is 0 Å². The molecule has 0 spiro atoms. The van der Waals surface area contributed by atoms with E-state index >= 15 is 0 Å². The Morgan fingerprint density at radius 3 is 1.54 bits per heavy atom. The Hall–Kier alpha value is -1.18. The minimum absolute atomic E-state index is 0.557. The van der Waals surface area contributed by atoms with Crippen LogP contribution in [0.1, 0.15) is 134 Å². The van der Waals surface area contributed by atoms with Gasteiger partial charge in [-0.2, -0.15) is 0 Å². The molecule has 4 rings (SSSR count). The highest BCUT2D eigenvalue weighted by Crippen LogP contribution is 2.46. The van der Waals surface area contributed by atoms with Gasteiger partial charge in [-0.25, -0.2) is 8.78 Å². The maximum absolute atomic E-state index is 14.7. The number of aryl methyl sites for hydroxylation is 2. The van der Waals surface area contributed by atoms with Gasteiger partial charge in [0, 0.05) is 0 Å². The molecule has 208 valence electrons. The van der Waals surface area contributed by atoms with Gasteiger partial charge in [0.2, 0.25) is 0 Å². The van der Waals surface area contributed by atoms with Gasteiger partial charge >= 0.3 is 0 Å². The Morgan fingerprint density at radius 1 is 0.649 bits per heavy atom. The molecule has 0 aromatic heterocycles. The molecule has 0 atom stereocenters. The lowest BCUT2D eigenvalue weighted by Gasteiger charge is -2.41. The number of allylic oxidation sites excluding steroid dienone is 1. The molecule has 3 saturated carbocycles. The molecule has 0 saturated heterocycles. The summed E-state index contributed by atoms with van der Waals surface area (Å²) in [6, 6.07) is 3.70. The first kappa shape index (κ1) is 28.8. The quantitative estimate of drug-likeness (QED) is 0.193. The van der Waals surface area contributed by atoms with Crippen molar-refractivity contribution in [2.45, 2.75) is 135 Å². The molecule has 1 aromatic carbocycles. The minimum Gasteiger partial charge on any atom is -0.203 e. The minimum atomic E-state index is -0.589. The maximum atomic E-state index is 14.7. The van der Waals surface area contributed by atoms with Gasteiger partial charge in [-0.1, -0.05) is 63.7 Å². The molecular formula is C35H54F2. The molecular weight excluding hydrogens is 458 g/mol. The summed E-state index contributed by atoms with van der Waals surface area (Å²) in [5.41, 5.74) is 1.15. The molecule has 3 fully saturated rings. The Labute approximate surface area is 227 Å². The average molecular weight is 513 g/mol. The standard InChI is InChI=1S/C35H54F2/c1-3-5-7-9-32-24-25-33(35(37)34(32)36)19-14-27-12-17-29(18-13-27)31-22-20-30(21-23-31)28-15-10-26(11-16-28)8-6-4-2/h4,24-31H,2-3,5-23H2,1H3. The van der Waals surface area contributed by atoms with Crippen molar-refractivity contribution < 1.29 is 8.78 Å². The number of benzene rings is 1. The Bertz CT molecular complexity index is 805. The zero-order chi connectivity index (χ0) is 26.0. The molecule has 3 aliphatic carbocycles. The highest BCUT2D eigenvalue weighted by Gasteiger charge is 2.34. The summed E-state index contributed by atoms with van der Waals surface area (Å²) in [6.45, 7) is 6.03. The van der Waals surface area contributed by atoms with Gasteiger partial charge < -0.3 is 0 Å². The zero-order valence-electron chi connectivity index (χ0n) is 23.8. The molecule has 0 nitrogen and oxygen atoms in total. The summed E-state index contributed by atoms with van der Waals surface area (Å²) in [4.78, 5) is 0. The first-order chi connectivity index (χ1) is 18.1. The van der Waals surface area contributed by atoms with E-state index in [1.165, 1.54) is 89.9 Å². The first-order valence-electron chi connectivity index (χ1n) is 16.2. The normalized spacial score (nSPS) is 30.8. The van der Waals surface area contributed by atoms with Crippen molar-refractivity contribution in [1.29, 1.82) is 0 Å². The van der Waals surface area contributed by atoms with E-state index in [4.69, 9.17) is 0 Å². The number of hydrogen-bond acceptors (Lipinski definition) is 0. The third-order valence-corrected chi connectivity index (χ3v) is 10.8. The Kier molecular flexibility index (Phi) is 11.6. The van der Waals surface area contributed by atoms with E-state index in [1.807, 2.05) is 12.1 Å². The number of hydrogen-bond donors (Lipinski definition) is 0. The van der Waals surface area contributed by atoms with Crippen LogP contribution in [-0.2, 0) is 12.8 Å². The molecule has 0 aliphatic heterocycles. The predicted octanol–water partition coefficient (Wildman–Crippen LogP) is 11.0. The molecule has 0 unspecified atom stereocenters. The van der Waals surface area contributed by atoms with Crippen molar-refractivity contribution in [2.75, 3.05) is 0 Å². The van der Waals surface area contributed by atoms with Gasteiger partial charge in [0.15, 0.2) is 11.6 Å². The Balaban J connectivity index is 1.14. The summed E-state index contributed by atoms with van der Waals surface area (Å²) in [5.74, 6) is 4.37. The van der Waals surface area contributed by atoms with E-state index in [2.05, 4.69) is 19.6 Å². The lowest BCUT2D eigenvalue weighted by Crippen LogP contribution is -2.29. The van der Waals surface area contributed by atoms with Crippen molar-refractivity contribution in [3.05, 3.63) is 47.5 Å². The molecule has 2 heteroatoms. The highest BCUT2D eigenvalue weighted by molar-refractivity contribution is 5.26. The van der Waals surface area contributed by atoms with Crippen molar-refractivity contribution in [1.82, 2.24) is 0 Å². The second kappa shape index (κ2) is 14.8. The van der Waals surface area contributed by atoms with Crippen LogP contribution in [0.4, 0.5) is 8.78 Å². The SMILES string of the molecule is C=CCCC1CCC(C2CCC(C3CCC(CCc4ccc(CCCCC)c(F)c4F)CC3)CC2)CC1. The fourth-order valence-corrected chi connectivity index (χ4v) is 8.28. The van der Waals surface area contributed by atoms with E-state index in [-0.39, 0.29) is 0 Å². The second-order valence-electron chi connectivity index (χ2n) is 13.1. The summed E-state index contributed by atoms with van der Waals surface area (Å²) in [7, 11) is 0. The molecule has 3 aliphatic rings. The zero-order valence-corrected chi connectivity index (χ0v) is 23.8. The van der Waals surface area contributed by atoms with Crippen molar-refractivity contribution in [3.63, 3.8) is 0 Å². The van der Waals surface area contributed by atoms with Gasteiger partial charge in [0.1, 0.15) is 0 Å². The van der Waals surface area contributed by atoms with E-state index < -0.39 is 11.6 Å². The first-order valence-corrected chi connectivity index (χ1v) is 16.2. The van der Waals surface area contributed by atoms with Gasteiger partial charge in [0.05, 0.1) is 0 Å². The van der Waals surface area contributed by atoms with Crippen LogP contribution < -0.4 is 0 Å². The number of unbranched alkanes of at least 4 members (excludes halogenated alkanes) is 2. The third-order valence-electron chi connectivity index (χ3n) is 10.8. The topological polar surface area (TPSA) is 0 Å². The lowest BCUT2D eigenvalue weighted by molar-refractivity contribution is 0.103. The molecule has 0 amide bonds. The van der Waals surface area contributed by atoms with E-state index in [0.29, 0.717) is 29.9 Å². The number of rotatable bonds is 12. The Morgan fingerprint density at radius 2 is 1.08 bits per heavy atom. The lowest BCUT2D eigenvalue weighted by atomic mass is 9.64. The third kappa shape index (κ3) is 8.15. The van der Waals surface area contributed by atoms with Crippen molar-refractivity contribution in [3.8, 4) is 0 Å². The molecule has 37 heavy (non-hydrogen) atoms. The average Bonchev–Trinajstić information content (AvgIpc) is 2.94. The van der Waals surface area contributed by atoms with Crippen molar-refractivity contribution in [2.24, 2.45) is 35.5 Å². The van der Waals surface area contributed by atoms with Crippen LogP contribution >= 0.6 is 0 Å². The second-order valence-corrected chi connectivity index (χ2v) is 13.1. The molecule has 1 aromatic rings. The van der Waals surface area contributed by atoms with Crippen LogP contribution in [0.25, 0.3) is 0 Å². The fraction of sp³-hybridized carbons (Fsp3) is 0.771. The van der Waals surface area contributed by atoms with Crippen LogP contribution in [0.15, 0.2) is 24.8 Å². The maximum Gasteiger partial charge on any atom is 0.162 e. The van der Waals surface area contributed by atoms with Gasteiger partial charge in [0.25, 0.3) is 0 Å². The van der Waals surface area contributed by atoms with Crippen LogP contribution in [0.5, 0.6) is 0 Å². The van der Waals surface area contributed by atoms with Crippen molar-refractivity contribution >= 4 is 0 Å².